The van der Waals surface area contributed by atoms with Gasteiger partial charge in [-0.3, -0.25) is 4.79 Å². The standard InChI is InChI=1S/C27H31ClN2O4S/c1-4-20-13-10-14-21(5-2)26(20)29-27(31)24(17-19-11-8-7-9-12-19)30-35(32,33)22-15-16-25(34-6-3)23(28)18-22/h7-16,18,24,30H,4-6,17H2,1-3H3,(H,29,31)/t24-/m1/s1. The number of nitrogens with one attached hydrogen (secondary N) is 2. The van der Waals surface area contributed by atoms with Crippen molar-refractivity contribution in [3.05, 3.63) is 88.4 Å². The molecule has 0 aliphatic carbocycles. The van der Waals surface area contributed by atoms with E-state index in [4.69, 9.17) is 16.3 Å². The maximum atomic E-state index is 13.5. The average molecular weight is 515 g/mol. The number of hydrogen-bond donors (Lipinski definition) is 2. The summed E-state index contributed by atoms with van der Waals surface area (Å²) in [6.07, 6.45) is 1.67. The summed E-state index contributed by atoms with van der Waals surface area (Å²) in [6.45, 7) is 6.26. The molecule has 0 aliphatic rings. The average Bonchev–Trinajstić information content (AvgIpc) is 2.85. The van der Waals surface area contributed by atoms with Crippen LogP contribution in [-0.4, -0.2) is 27.0 Å². The first-order valence-corrected chi connectivity index (χ1v) is 13.5. The maximum Gasteiger partial charge on any atom is 0.242 e. The van der Waals surface area contributed by atoms with Gasteiger partial charge in [-0.25, -0.2) is 8.42 Å². The highest BCUT2D eigenvalue weighted by Gasteiger charge is 2.27. The molecule has 3 rings (SSSR count). The summed E-state index contributed by atoms with van der Waals surface area (Å²) in [7, 11) is -4.05. The van der Waals surface area contributed by atoms with Gasteiger partial charge in [0.1, 0.15) is 11.8 Å². The Morgan fingerprint density at radius 3 is 2.17 bits per heavy atom. The normalized spacial score (nSPS) is 12.2. The van der Waals surface area contributed by atoms with Crippen LogP contribution in [0.2, 0.25) is 5.02 Å². The second kappa shape index (κ2) is 12.2. The van der Waals surface area contributed by atoms with Crippen LogP contribution in [0.15, 0.2) is 71.6 Å². The lowest BCUT2D eigenvalue weighted by atomic mass is 10.0. The van der Waals surface area contributed by atoms with Crippen molar-refractivity contribution in [2.45, 2.75) is 51.0 Å². The molecule has 0 fully saturated rings. The van der Waals surface area contributed by atoms with E-state index >= 15 is 0 Å². The van der Waals surface area contributed by atoms with Gasteiger partial charge < -0.3 is 10.1 Å². The third-order valence-corrected chi connectivity index (χ3v) is 7.42. The molecule has 35 heavy (non-hydrogen) atoms. The van der Waals surface area contributed by atoms with Gasteiger partial charge in [0.25, 0.3) is 0 Å². The molecule has 186 valence electrons. The lowest BCUT2D eigenvalue weighted by molar-refractivity contribution is -0.117. The molecule has 6 nitrogen and oxygen atoms in total. The van der Waals surface area contributed by atoms with Gasteiger partial charge in [-0.05, 0) is 61.1 Å². The van der Waals surface area contributed by atoms with Gasteiger partial charge in [-0.1, -0.05) is 74.0 Å². The predicted octanol–water partition coefficient (Wildman–Crippen LogP) is 5.39. The molecule has 0 unspecified atom stereocenters. The van der Waals surface area contributed by atoms with Crippen molar-refractivity contribution < 1.29 is 17.9 Å². The van der Waals surface area contributed by atoms with Crippen LogP contribution in [-0.2, 0) is 34.1 Å². The molecule has 3 aromatic rings. The molecular formula is C27H31ClN2O4S. The first-order chi connectivity index (χ1) is 16.8. The first kappa shape index (κ1) is 26.7. The Balaban J connectivity index is 1.93. The molecule has 1 atom stereocenters. The van der Waals surface area contributed by atoms with Crippen molar-refractivity contribution >= 4 is 33.2 Å². The van der Waals surface area contributed by atoms with Crippen LogP contribution in [0.1, 0.15) is 37.5 Å². The zero-order chi connectivity index (χ0) is 25.4. The topological polar surface area (TPSA) is 84.5 Å². The van der Waals surface area contributed by atoms with E-state index in [1.807, 2.05) is 69.3 Å². The Morgan fingerprint density at radius 2 is 1.60 bits per heavy atom. The number of amides is 1. The molecule has 0 saturated carbocycles. The lowest BCUT2D eigenvalue weighted by Gasteiger charge is -2.21. The quantitative estimate of drug-likeness (QED) is 0.359. The maximum absolute atomic E-state index is 13.5. The van der Waals surface area contributed by atoms with Crippen LogP contribution in [0.5, 0.6) is 5.75 Å². The van der Waals surface area contributed by atoms with E-state index in [2.05, 4.69) is 10.0 Å². The number of carbonyl (C=O) groups is 1. The number of halogens is 1. The summed E-state index contributed by atoms with van der Waals surface area (Å²) in [5.41, 5.74) is 3.57. The van der Waals surface area contributed by atoms with Crippen LogP contribution in [0.3, 0.4) is 0 Å². The number of aryl methyl sites for hydroxylation is 2. The van der Waals surface area contributed by atoms with Gasteiger partial charge in [-0.2, -0.15) is 4.72 Å². The second-order valence-electron chi connectivity index (χ2n) is 8.04. The van der Waals surface area contributed by atoms with Crippen molar-refractivity contribution in [3.63, 3.8) is 0 Å². The van der Waals surface area contributed by atoms with Gasteiger partial charge in [-0.15, -0.1) is 0 Å². The van der Waals surface area contributed by atoms with Gasteiger partial charge >= 0.3 is 0 Å². The van der Waals surface area contributed by atoms with Crippen LogP contribution in [0.25, 0.3) is 0 Å². The fourth-order valence-corrected chi connectivity index (χ4v) is 5.35. The van der Waals surface area contributed by atoms with Crippen molar-refractivity contribution in [3.8, 4) is 5.75 Å². The SMILES string of the molecule is CCOc1ccc(S(=O)(=O)N[C@H](Cc2ccccc2)C(=O)Nc2c(CC)cccc2CC)cc1Cl. The highest BCUT2D eigenvalue weighted by atomic mass is 35.5. The number of para-hydroxylation sites is 1. The largest absolute Gasteiger partial charge is 0.492 e. The monoisotopic (exact) mass is 514 g/mol. The predicted molar refractivity (Wildman–Crippen MR) is 141 cm³/mol. The van der Waals surface area contributed by atoms with Crippen molar-refractivity contribution in [1.29, 1.82) is 0 Å². The van der Waals surface area contributed by atoms with E-state index in [9.17, 15) is 13.2 Å². The number of rotatable bonds is 11. The fraction of sp³-hybridized carbons (Fsp3) is 0.296. The van der Waals surface area contributed by atoms with Gasteiger partial charge in [0, 0.05) is 5.69 Å². The Hall–Kier alpha value is -2.87. The number of hydrogen-bond acceptors (Lipinski definition) is 4. The van der Waals surface area contributed by atoms with E-state index < -0.39 is 22.0 Å². The van der Waals surface area contributed by atoms with Gasteiger partial charge in [0.2, 0.25) is 15.9 Å². The molecule has 0 heterocycles. The highest BCUT2D eigenvalue weighted by Crippen LogP contribution is 2.28. The molecule has 1 amide bonds. The number of benzene rings is 3. The summed E-state index contributed by atoms with van der Waals surface area (Å²) < 4.78 is 34.5. The Kier molecular flexibility index (Phi) is 9.32. The molecule has 3 aromatic carbocycles. The van der Waals surface area contributed by atoms with Crippen LogP contribution < -0.4 is 14.8 Å². The van der Waals surface area contributed by atoms with E-state index in [1.165, 1.54) is 18.2 Å². The summed E-state index contributed by atoms with van der Waals surface area (Å²) in [6, 6.07) is 18.4. The van der Waals surface area contributed by atoms with E-state index in [0.29, 0.717) is 12.4 Å². The fourth-order valence-electron chi connectivity index (χ4n) is 3.83. The van der Waals surface area contributed by atoms with Crippen LogP contribution in [0.4, 0.5) is 5.69 Å². The minimum atomic E-state index is -4.05. The Bertz CT molecular complexity index is 1240. The number of anilines is 1. The van der Waals surface area contributed by atoms with Crippen LogP contribution in [0, 0.1) is 0 Å². The van der Waals surface area contributed by atoms with E-state index in [1.54, 1.807) is 0 Å². The number of carbonyl (C=O) groups excluding carboxylic acids is 1. The molecule has 0 aromatic heterocycles. The molecule has 2 N–H and O–H groups in total. The van der Waals surface area contributed by atoms with Crippen molar-refractivity contribution in [2.75, 3.05) is 11.9 Å². The molecule has 0 bridgehead atoms. The minimum absolute atomic E-state index is 0.0416. The Labute approximate surface area is 212 Å². The zero-order valence-corrected chi connectivity index (χ0v) is 21.7. The van der Waals surface area contributed by atoms with E-state index in [-0.39, 0.29) is 16.3 Å². The molecule has 0 saturated heterocycles. The summed E-state index contributed by atoms with van der Waals surface area (Å²) in [4.78, 5) is 13.4. The lowest BCUT2D eigenvalue weighted by Crippen LogP contribution is -2.45. The smallest absolute Gasteiger partial charge is 0.242 e. The molecule has 0 aliphatic heterocycles. The molecule has 8 heteroatoms. The molecular weight excluding hydrogens is 484 g/mol. The second-order valence-corrected chi connectivity index (χ2v) is 10.2. The third-order valence-electron chi connectivity index (χ3n) is 5.66. The van der Waals surface area contributed by atoms with E-state index in [0.717, 1.165) is 35.2 Å². The van der Waals surface area contributed by atoms with Crippen molar-refractivity contribution in [1.82, 2.24) is 4.72 Å². The molecule has 0 spiro atoms. The summed E-state index contributed by atoms with van der Waals surface area (Å²) in [5, 5.41) is 3.18. The zero-order valence-electron chi connectivity index (χ0n) is 20.2. The number of sulfonamides is 1. The minimum Gasteiger partial charge on any atom is -0.492 e. The Morgan fingerprint density at radius 1 is 0.943 bits per heavy atom. The van der Waals surface area contributed by atoms with Gasteiger partial charge in [0.15, 0.2) is 0 Å². The van der Waals surface area contributed by atoms with Crippen LogP contribution >= 0.6 is 11.6 Å². The molecule has 0 radical (unpaired) electrons. The van der Waals surface area contributed by atoms with Gasteiger partial charge in [0.05, 0.1) is 16.5 Å². The highest BCUT2D eigenvalue weighted by molar-refractivity contribution is 7.89. The van der Waals surface area contributed by atoms with Crippen molar-refractivity contribution in [2.24, 2.45) is 0 Å². The summed E-state index contributed by atoms with van der Waals surface area (Å²) in [5.74, 6) is -0.0278. The first-order valence-electron chi connectivity index (χ1n) is 11.7. The summed E-state index contributed by atoms with van der Waals surface area (Å²) >= 11 is 6.22. The third kappa shape index (κ3) is 6.84. The number of ether oxygens (including phenoxy) is 1.